The van der Waals surface area contributed by atoms with Crippen LogP contribution in [0, 0.1) is 0 Å². The summed E-state index contributed by atoms with van der Waals surface area (Å²) in [4.78, 5) is 23.8. The number of rotatable bonds is 8. The number of hydrogen-bond acceptors (Lipinski definition) is 3. The number of nitrogens with two attached hydrogens (primary N) is 1. The van der Waals surface area contributed by atoms with Gasteiger partial charge in [0.15, 0.2) is 0 Å². The number of benzene rings is 2. The average Bonchev–Trinajstić information content (AvgIpc) is 2.58. The van der Waals surface area contributed by atoms with Crippen LogP contribution in [-0.2, 0) is 9.59 Å². The van der Waals surface area contributed by atoms with Crippen molar-refractivity contribution in [3.8, 4) is 0 Å². The zero-order chi connectivity index (χ0) is 18.2. The van der Waals surface area contributed by atoms with Gasteiger partial charge in [-0.25, -0.2) is 0 Å². The summed E-state index contributed by atoms with van der Waals surface area (Å²) in [6.07, 6.45) is 1.20. The third kappa shape index (κ3) is 5.87. The summed E-state index contributed by atoms with van der Waals surface area (Å²) >= 11 is 0. The van der Waals surface area contributed by atoms with Crippen molar-refractivity contribution in [2.24, 2.45) is 5.73 Å². The molecule has 2 rings (SSSR count). The lowest BCUT2D eigenvalue weighted by Crippen LogP contribution is -2.34. The maximum absolute atomic E-state index is 12.2. The number of carbonyl (C=O) groups excluding carboxylic acids is 2. The Morgan fingerprint density at radius 1 is 0.960 bits per heavy atom. The van der Waals surface area contributed by atoms with E-state index in [1.807, 2.05) is 44.2 Å². The smallest absolute Gasteiger partial charge is 0.220 e. The van der Waals surface area contributed by atoms with Gasteiger partial charge in [-0.3, -0.25) is 9.59 Å². The molecule has 5 heteroatoms. The van der Waals surface area contributed by atoms with Crippen LogP contribution in [0.4, 0.5) is 0 Å². The second-order valence-electron chi connectivity index (χ2n) is 6.54. The molecule has 2 amide bonds. The zero-order valence-electron chi connectivity index (χ0n) is 14.9. The van der Waals surface area contributed by atoms with E-state index in [2.05, 4.69) is 22.8 Å². The highest BCUT2D eigenvalue weighted by Crippen LogP contribution is 2.20. The summed E-state index contributed by atoms with van der Waals surface area (Å²) in [6, 6.07) is 14.1. The van der Waals surface area contributed by atoms with Crippen LogP contribution in [0.1, 0.15) is 44.7 Å². The second-order valence-corrected chi connectivity index (χ2v) is 6.54. The fourth-order valence-corrected chi connectivity index (χ4v) is 2.77. The number of amides is 2. The molecule has 0 aromatic heterocycles. The van der Waals surface area contributed by atoms with Gasteiger partial charge in [-0.1, -0.05) is 36.4 Å². The Kier molecular flexibility index (Phi) is 6.95. The van der Waals surface area contributed by atoms with Crippen molar-refractivity contribution in [1.82, 2.24) is 10.6 Å². The molecule has 0 saturated heterocycles. The topological polar surface area (TPSA) is 84.2 Å². The molecule has 1 unspecified atom stereocenters. The Balaban J connectivity index is 1.89. The molecule has 0 fully saturated rings. The Hall–Kier alpha value is -2.40. The Labute approximate surface area is 149 Å². The zero-order valence-corrected chi connectivity index (χ0v) is 14.9. The molecule has 0 radical (unpaired) electrons. The molecular formula is C20H27N3O2. The van der Waals surface area contributed by atoms with E-state index in [0.29, 0.717) is 25.8 Å². The summed E-state index contributed by atoms with van der Waals surface area (Å²) in [7, 11) is 0. The molecule has 0 bridgehead atoms. The minimum Gasteiger partial charge on any atom is -0.354 e. The third-order valence-electron chi connectivity index (χ3n) is 4.00. The number of fused-ring (bicyclic) bond motifs is 1. The van der Waals surface area contributed by atoms with Gasteiger partial charge in [0.25, 0.3) is 0 Å². The first kappa shape index (κ1) is 18.9. The predicted octanol–water partition coefficient (Wildman–Crippen LogP) is 2.65. The van der Waals surface area contributed by atoms with Crippen LogP contribution in [0.2, 0.25) is 0 Å². The first-order valence-corrected chi connectivity index (χ1v) is 8.77. The molecule has 0 heterocycles. The monoisotopic (exact) mass is 341 g/mol. The van der Waals surface area contributed by atoms with Crippen molar-refractivity contribution in [3.05, 3.63) is 48.0 Å². The molecule has 0 aliphatic carbocycles. The van der Waals surface area contributed by atoms with Crippen molar-refractivity contribution < 1.29 is 9.59 Å². The quantitative estimate of drug-likeness (QED) is 0.690. The molecule has 0 spiro atoms. The van der Waals surface area contributed by atoms with E-state index in [9.17, 15) is 9.59 Å². The number of nitrogens with one attached hydrogen (secondary N) is 2. The molecule has 5 nitrogen and oxygen atoms in total. The molecule has 0 saturated carbocycles. The number of carbonyl (C=O) groups is 2. The van der Waals surface area contributed by atoms with E-state index >= 15 is 0 Å². The van der Waals surface area contributed by atoms with E-state index in [1.165, 1.54) is 0 Å². The van der Waals surface area contributed by atoms with Crippen molar-refractivity contribution in [2.75, 3.05) is 6.54 Å². The van der Waals surface area contributed by atoms with Crippen molar-refractivity contribution in [1.29, 1.82) is 0 Å². The maximum Gasteiger partial charge on any atom is 0.220 e. The van der Waals surface area contributed by atoms with Gasteiger partial charge in [-0.15, -0.1) is 0 Å². The van der Waals surface area contributed by atoms with Crippen LogP contribution in [0.5, 0.6) is 0 Å². The molecule has 0 aliphatic rings. The van der Waals surface area contributed by atoms with Crippen LogP contribution < -0.4 is 16.4 Å². The van der Waals surface area contributed by atoms with Crippen molar-refractivity contribution in [3.63, 3.8) is 0 Å². The van der Waals surface area contributed by atoms with E-state index in [1.54, 1.807) is 0 Å². The molecular weight excluding hydrogens is 314 g/mol. The van der Waals surface area contributed by atoms with Crippen LogP contribution in [0.15, 0.2) is 42.5 Å². The maximum atomic E-state index is 12.2. The SMILES string of the molecule is CC(C)NC(=O)CCCC(=O)NC(CN)c1ccc2ccccc2c1. The minimum atomic E-state index is -0.221. The van der Waals surface area contributed by atoms with Gasteiger partial charge in [-0.05, 0) is 42.7 Å². The number of hydrogen-bond donors (Lipinski definition) is 3. The highest BCUT2D eigenvalue weighted by molar-refractivity contribution is 5.83. The summed E-state index contributed by atoms with van der Waals surface area (Å²) in [5, 5.41) is 8.07. The molecule has 25 heavy (non-hydrogen) atoms. The third-order valence-corrected chi connectivity index (χ3v) is 4.00. The summed E-state index contributed by atoms with van der Waals surface area (Å²) in [5.41, 5.74) is 6.84. The lowest BCUT2D eigenvalue weighted by atomic mass is 10.0. The highest BCUT2D eigenvalue weighted by atomic mass is 16.2. The van der Waals surface area contributed by atoms with Gasteiger partial charge in [0.1, 0.15) is 0 Å². The summed E-state index contributed by atoms with van der Waals surface area (Å²) in [6.45, 7) is 4.16. The van der Waals surface area contributed by atoms with Crippen LogP contribution >= 0.6 is 0 Å². The molecule has 4 N–H and O–H groups in total. The van der Waals surface area contributed by atoms with Gasteiger partial charge in [0.2, 0.25) is 11.8 Å². The fourth-order valence-electron chi connectivity index (χ4n) is 2.77. The van der Waals surface area contributed by atoms with Gasteiger partial charge in [0, 0.05) is 25.4 Å². The average molecular weight is 341 g/mol. The minimum absolute atomic E-state index is 0.0206. The van der Waals surface area contributed by atoms with E-state index in [0.717, 1.165) is 16.3 Å². The Morgan fingerprint density at radius 3 is 2.24 bits per heavy atom. The molecule has 0 aliphatic heterocycles. The molecule has 2 aromatic rings. The van der Waals surface area contributed by atoms with Gasteiger partial charge < -0.3 is 16.4 Å². The van der Waals surface area contributed by atoms with Gasteiger partial charge in [0.05, 0.1) is 6.04 Å². The lowest BCUT2D eigenvalue weighted by Gasteiger charge is -2.18. The summed E-state index contributed by atoms with van der Waals surface area (Å²) in [5.74, 6) is -0.103. The molecule has 2 aromatic carbocycles. The second kappa shape index (κ2) is 9.18. The van der Waals surface area contributed by atoms with Crippen LogP contribution in [-0.4, -0.2) is 24.4 Å². The van der Waals surface area contributed by atoms with Crippen molar-refractivity contribution in [2.45, 2.75) is 45.2 Å². The van der Waals surface area contributed by atoms with Crippen LogP contribution in [0.3, 0.4) is 0 Å². The van der Waals surface area contributed by atoms with Gasteiger partial charge in [-0.2, -0.15) is 0 Å². The highest BCUT2D eigenvalue weighted by Gasteiger charge is 2.14. The fraction of sp³-hybridized carbons (Fsp3) is 0.400. The normalized spacial score (nSPS) is 12.2. The largest absolute Gasteiger partial charge is 0.354 e. The first-order chi connectivity index (χ1) is 12.0. The standard InChI is InChI=1S/C20H27N3O2/c1-14(2)22-19(24)8-5-9-20(25)23-18(13-21)17-11-10-15-6-3-4-7-16(15)12-17/h3-4,6-7,10-12,14,18H,5,8-9,13,21H2,1-2H3,(H,22,24)(H,23,25). The van der Waals surface area contributed by atoms with E-state index < -0.39 is 0 Å². The first-order valence-electron chi connectivity index (χ1n) is 8.77. The van der Waals surface area contributed by atoms with E-state index in [4.69, 9.17) is 5.73 Å². The lowest BCUT2D eigenvalue weighted by molar-refractivity contribution is -0.123. The van der Waals surface area contributed by atoms with Crippen molar-refractivity contribution >= 4 is 22.6 Å². The van der Waals surface area contributed by atoms with Gasteiger partial charge >= 0.3 is 0 Å². The van der Waals surface area contributed by atoms with Crippen LogP contribution in [0.25, 0.3) is 10.8 Å². The predicted molar refractivity (Wildman–Crippen MR) is 101 cm³/mol. The molecule has 134 valence electrons. The Morgan fingerprint density at radius 2 is 1.60 bits per heavy atom. The van der Waals surface area contributed by atoms with E-state index in [-0.39, 0.29) is 23.9 Å². The Bertz CT molecular complexity index is 728. The summed E-state index contributed by atoms with van der Waals surface area (Å²) < 4.78 is 0. The molecule has 1 atom stereocenters.